The summed E-state index contributed by atoms with van der Waals surface area (Å²) in [5, 5.41) is 13.8. The number of hydrogen-bond acceptors (Lipinski definition) is 8. The largest absolute Gasteiger partial charge is 0.455 e. The van der Waals surface area contributed by atoms with E-state index < -0.39 is 71.8 Å². The summed E-state index contributed by atoms with van der Waals surface area (Å²) in [5.74, 6) is -3.91. The van der Waals surface area contributed by atoms with Gasteiger partial charge in [0.25, 0.3) is 0 Å². The van der Waals surface area contributed by atoms with E-state index in [0.29, 0.717) is 12.0 Å². The highest BCUT2D eigenvalue weighted by Crippen LogP contribution is 2.61. The molecule has 0 aromatic heterocycles. The van der Waals surface area contributed by atoms with Crippen molar-refractivity contribution in [3.8, 4) is 0 Å². The third-order valence-corrected chi connectivity index (χ3v) is 11.4. The lowest BCUT2D eigenvalue weighted by molar-refractivity contribution is -0.163. The first kappa shape index (κ1) is 40.3. The molecule has 2 N–H and O–H groups in total. The van der Waals surface area contributed by atoms with Crippen molar-refractivity contribution < 1.29 is 38.5 Å². The molecule has 3 fully saturated rings. The fourth-order valence-electron chi connectivity index (χ4n) is 8.24. The molecule has 0 saturated carbocycles. The summed E-state index contributed by atoms with van der Waals surface area (Å²) >= 11 is 3.75. The number of carbonyl (C=O) groups excluding carboxylic acids is 4. The highest BCUT2D eigenvalue weighted by molar-refractivity contribution is 9.09. The van der Waals surface area contributed by atoms with Gasteiger partial charge in [-0.2, -0.15) is 0 Å². The smallest absolute Gasteiger partial charge is 0.313 e. The number of rotatable bonds is 17. The molecule has 11 nitrogen and oxygen atoms in total. The van der Waals surface area contributed by atoms with Crippen LogP contribution in [0.2, 0.25) is 0 Å². The number of benzene rings is 2. The van der Waals surface area contributed by atoms with Gasteiger partial charge in [0, 0.05) is 30.4 Å². The van der Waals surface area contributed by atoms with Crippen molar-refractivity contribution in [2.75, 3.05) is 26.9 Å². The van der Waals surface area contributed by atoms with Crippen molar-refractivity contribution in [1.29, 1.82) is 0 Å². The second-order valence-electron chi connectivity index (χ2n) is 15.1. The predicted molar refractivity (Wildman–Crippen MR) is 204 cm³/mol. The van der Waals surface area contributed by atoms with Crippen molar-refractivity contribution in [1.82, 2.24) is 15.1 Å². The molecule has 1 unspecified atom stereocenters. The van der Waals surface area contributed by atoms with Gasteiger partial charge < -0.3 is 34.4 Å². The van der Waals surface area contributed by atoms with Crippen LogP contribution in [0.25, 0.3) is 0 Å². The van der Waals surface area contributed by atoms with E-state index in [1.807, 2.05) is 69.3 Å². The van der Waals surface area contributed by atoms with Crippen LogP contribution in [-0.2, 0) is 39.8 Å². The molecule has 3 heterocycles. The lowest BCUT2D eigenvalue weighted by atomic mass is 9.70. The van der Waals surface area contributed by atoms with Crippen LogP contribution in [0.1, 0.15) is 57.3 Å². The van der Waals surface area contributed by atoms with Crippen molar-refractivity contribution in [2.45, 2.75) is 92.8 Å². The number of halogens is 1. The number of ether oxygens (including phenoxy) is 3. The molecular formula is C41H52BrN3O8. The summed E-state index contributed by atoms with van der Waals surface area (Å²) in [4.78, 5) is 60.4. The summed E-state index contributed by atoms with van der Waals surface area (Å²) in [7, 11) is 1.50. The van der Waals surface area contributed by atoms with E-state index in [1.54, 1.807) is 29.2 Å². The number of aliphatic hydroxyl groups is 1. The van der Waals surface area contributed by atoms with Gasteiger partial charge in [0.15, 0.2) is 0 Å². The molecule has 9 atom stereocenters. The molecule has 3 aliphatic rings. The Labute approximate surface area is 320 Å². The van der Waals surface area contributed by atoms with Crippen molar-refractivity contribution in [2.24, 2.45) is 11.8 Å². The van der Waals surface area contributed by atoms with Crippen LogP contribution in [0.3, 0.4) is 0 Å². The average Bonchev–Trinajstić information content (AvgIpc) is 3.73. The molecule has 3 saturated heterocycles. The zero-order valence-corrected chi connectivity index (χ0v) is 32.6. The number of allylic oxidation sites excluding steroid dienone is 1. The van der Waals surface area contributed by atoms with Gasteiger partial charge in [0.1, 0.15) is 17.7 Å². The predicted octanol–water partition coefficient (Wildman–Crippen LogP) is 4.53. The van der Waals surface area contributed by atoms with Crippen molar-refractivity contribution in [3.63, 3.8) is 0 Å². The number of nitrogens with zero attached hydrogens (tertiary/aromatic N) is 2. The SMILES string of the molecule is C=CCCC(=O)N[C@@H](COC)[C@@H](OC(=O)[C@H]1[C@@H]2O[C@@]3(CC2Br)[C@@H]1C(=O)N([C@@H](CO)Cc1ccccc1)[C@@H]3C(=O)N(CC=C)C(C)(C)C)c1ccccc1. The van der Waals surface area contributed by atoms with E-state index in [0.717, 1.165) is 5.56 Å². The molecule has 1 spiro atoms. The number of hydrogen-bond donors (Lipinski definition) is 2. The molecule has 0 aliphatic carbocycles. The second kappa shape index (κ2) is 17.1. The van der Waals surface area contributed by atoms with Crippen LogP contribution in [0.15, 0.2) is 86.0 Å². The van der Waals surface area contributed by atoms with Crippen molar-refractivity contribution >= 4 is 39.6 Å². The Morgan fingerprint density at radius 2 is 1.77 bits per heavy atom. The Balaban J connectivity index is 1.57. The van der Waals surface area contributed by atoms with Crippen LogP contribution < -0.4 is 5.32 Å². The molecular weight excluding hydrogens is 742 g/mol. The molecule has 0 radical (unpaired) electrons. The first-order chi connectivity index (χ1) is 25.3. The monoisotopic (exact) mass is 793 g/mol. The molecule has 2 aromatic rings. The Kier molecular flexibility index (Phi) is 13.0. The van der Waals surface area contributed by atoms with Gasteiger partial charge in [0.2, 0.25) is 17.7 Å². The lowest BCUT2D eigenvalue weighted by Crippen LogP contribution is -2.62. The molecule has 2 bridgehead atoms. The minimum absolute atomic E-state index is 0.0403. The highest BCUT2D eigenvalue weighted by Gasteiger charge is 2.78. The number of amides is 3. The number of likely N-dealkylation sites (tertiary alicyclic amines) is 1. The maximum absolute atomic E-state index is 15.0. The second-order valence-corrected chi connectivity index (χ2v) is 16.2. The van der Waals surface area contributed by atoms with E-state index in [4.69, 9.17) is 14.2 Å². The van der Waals surface area contributed by atoms with Crippen LogP contribution in [0, 0.1) is 11.8 Å². The van der Waals surface area contributed by atoms with Gasteiger partial charge in [-0.1, -0.05) is 88.7 Å². The number of nitrogens with one attached hydrogen (secondary N) is 1. The molecule has 3 amide bonds. The number of fused-ring (bicyclic) bond motifs is 1. The van der Waals surface area contributed by atoms with E-state index in [-0.39, 0.29) is 49.1 Å². The summed E-state index contributed by atoms with van der Waals surface area (Å²) in [5.41, 5.74) is -0.537. The first-order valence-electron chi connectivity index (χ1n) is 18.2. The van der Waals surface area contributed by atoms with Crippen LogP contribution in [0.5, 0.6) is 0 Å². The minimum Gasteiger partial charge on any atom is -0.455 e. The van der Waals surface area contributed by atoms with Crippen molar-refractivity contribution in [3.05, 3.63) is 97.1 Å². The zero-order valence-electron chi connectivity index (χ0n) is 31.0. The Morgan fingerprint density at radius 3 is 2.36 bits per heavy atom. The first-order valence-corrected chi connectivity index (χ1v) is 19.1. The Morgan fingerprint density at radius 1 is 1.11 bits per heavy atom. The standard InChI is InChI=1S/C41H52BrN3O8/c1-7-9-20-31(47)43-30(25-51-6)34(27-18-14-11-15-19-27)52-39(50)32-33-37(48)45(28(24-46)22-26-16-12-10-13-17-26)36(41(33)23-29(42)35(32)53-41)38(49)44(21-8-2)40(3,4)5/h7-8,10-19,28-30,32-36,46H,1-2,9,20-25H2,3-6H3,(H,43,47)/t28-,29?,30+,32-,33+,34+,35-,36-,41+/m1/s1. The van der Waals surface area contributed by atoms with E-state index in [9.17, 15) is 19.5 Å². The number of alkyl halides is 1. The van der Waals surface area contributed by atoms with Gasteiger partial charge in [-0.05, 0) is 51.2 Å². The number of methoxy groups -OCH3 is 1. The fraction of sp³-hybridized carbons (Fsp3) is 0.512. The minimum atomic E-state index is -1.39. The molecule has 3 aliphatic heterocycles. The molecule has 12 heteroatoms. The summed E-state index contributed by atoms with van der Waals surface area (Å²) in [6.45, 7) is 13.2. The van der Waals surface area contributed by atoms with E-state index in [2.05, 4.69) is 34.4 Å². The maximum Gasteiger partial charge on any atom is 0.313 e. The zero-order chi connectivity index (χ0) is 38.5. The maximum atomic E-state index is 15.0. The Hall–Kier alpha value is -3.84. The lowest BCUT2D eigenvalue weighted by Gasteiger charge is -2.43. The van der Waals surface area contributed by atoms with Crippen LogP contribution in [0.4, 0.5) is 0 Å². The number of carbonyl (C=O) groups is 4. The topological polar surface area (TPSA) is 135 Å². The van der Waals surface area contributed by atoms with Gasteiger partial charge in [-0.15, -0.1) is 13.2 Å². The average molecular weight is 795 g/mol. The number of aliphatic hydroxyl groups excluding tert-OH is 1. The summed E-state index contributed by atoms with van der Waals surface area (Å²) < 4.78 is 18.6. The highest BCUT2D eigenvalue weighted by atomic mass is 79.9. The van der Waals surface area contributed by atoms with Gasteiger partial charge in [-0.3, -0.25) is 19.2 Å². The quantitative estimate of drug-likeness (QED) is 0.136. The van der Waals surface area contributed by atoms with E-state index >= 15 is 4.79 Å². The fourth-order valence-corrected chi connectivity index (χ4v) is 9.19. The molecule has 286 valence electrons. The molecule has 53 heavy (non-hydrogen) atoms. The van der Waals surface area contributed by atoms with Gasteiger partial charge in [-0.25, -0.2) is 0 Å². The van der Waals surface area contributed by atoms with Crippen LogP contribution >= 0.6 is 15.9 Å². The van der Waals surface area contributed by atoms with Gasteiger partial charge >= 0.3 is 5.97 Å². The van der Waals surface area contributed by atoms with Gasteiger partial charge in [0.05, 0.1) is 43.2 Å². The normalized spacial score (nSPS) is 26.3. The molecule has 2 aromatic carbocycles. The third kappa shape index (κ3) is 8.16. The summed E-state index contributed by atoms with van der Waals surface area (Å²) in [6, 6.07) is 15.8. The number of esters is 1. The Bertz CT molecular complexity index is 1630. The molecule has 5 rings (SSSR count). The van der Waals surface area contributed by atoms with Crippen LogP contribution in [-0.4, -0.2) is 106 Å². The third-order valence-electron chi connectivity index (χ3n) is 10.5. The summed E-state index contributed by atoms with van der Waals surface area (Å²) in [6.07, 6.45) is 2.77. The van der Waals surface area contributed by atoms with E-state index in [1.165, 1.54) is 12.0 Å².